The highest BCUT2D eigenvalue weighted by atomic mass is 79.9. The van der Waals surface area contributed by atoms with E-state index in [0.717, 1.165) is 10.2 Å². The summed E-state index contributed by atoms with van der Waals surface area (Å²) in [5.74, 6) is 0. The fourth-order valence-electron chi connectivity index (χ4n) is 1.11. The van der Waals surface area contributed by atoms with Gasteiger partial charge in [0, 0.05) is 24.3 Å². The van der Waals surface area contributed by atoms with Crippen LogP contribution in [0.5, 0.6) is 0 Å². The van der Waals surface area contributed by atoms with Gasteiger partial charge in [-0.25, -0.2) is 0 Å². The summed E-state index contributed by atoms with van der Waals surface area (Å²) in [6.45, 7) is 2.38. The van der Waals surface area contributed by atoms with E-state index in [1.54, 1.807) is 19.3 Å². The Bertz CT molecular complexity index is 278. The summed E-state index contributed by atoms with van der Waals surface area (Å²) < 4.78 is 0.947. The first-order valence-electron chi connectivity index (χ1n) is 4.09. The number of aliphatic hydroxyl groups excluding tert-OH is 1. The van der Waals surface area contributed by atoms with E-state index in [4.69, 9.17) is 0 Å². The molecule has 0 fully saturated rings. The normalized spacial score (nSPS) is 12.6. The maximum absolute atomic E-state index is 9.18. The Kier molecular flexibility index (Phi) is 3.69. The second kappa shape index (κ2) is 4.58. The molecule has 0 aliphatic rings. The van der Waals surface area contributed by atoms with Gasteiger partial charge in [0.25, 0.3) is 0 Å². The number of nitrogens with zero attached hydrogens (tertiary/aromatic N) is 2. The van der Waals surface area contributed by atoms with E-state index < -0.39 is 0 Å². The minimum atomic E-state index is -0.330. The van der Waals surface area contributed by atoms with Crippen molar-refractivity contribution in [3.05, 3.63) is 22.9 Å². The van der Waals surface area contributed by atoms with E-state index in [1.807, 2.05) is 18.0 Å². The van der Waals surface area contributed by atoms with Crippen LogP contribution in [0.3, 0.4) is 0 Å². The number of hydrogen-bond acceptors (Lipinski definition) is 3. The van der Waals surface area contributed by atoms with Gasteiger partial charge < -0.3 is 10.0 Å². The van der Waals surface area contributed by atoms with E-state index in [1.165, 1.54) is 0 Å². The van der Waals surface area contributed by atoms with Crippen LogP contribution >= 0.6 is 15.9 Å². The number of aliphatic hydroxyl groups is 1. The second-order valence-corrected chi connectivity index (χ2v) is 4.01. The van der Waals surface area contributed by atoms with Gasteiger partial charge in [-0.2, -0.15) is 0 Å². The molecule has 0 aliphatic heterocycles. The predicted octanol–water partition coefficient (Wildman–Crippen LogP) is 1.66. The number of anilines is 1. The van der Waals surface area contributed by atoms with E-state index in [9.17, 15) is 5.11 Å². The van der Waals surface area contributed by atoms with Crippen LogP contribution in [0.1, 0.15) is 6.92 Å². The molecule has 1 N–H and O–H groups in total. The van der Waals surface area contributed by atoms with Crippen molar-refractivity contribution in [3.63, 3.8) is 0 Å². The summed E-state index contributed by atoms with van der Waals surface area (Å²) in [5, 5.41) is 9.18. The summed E-state index contributed by atoms with van der Waals surface area (Å²) >= 11 is 3.34. The first-order valence-corrected chi connectivity index (χ1v) is 4.88. The van der Waals surface area contributed by atoms with Crippen LogP contribution < -0.4 is 4.90 Å². The maximum Gasteiger partial charge on any atom is 0.0686 e. The molecule has 0 radical (unpaired) electrons. The fourth-order valence-corrected chi connectivity index (χ4v) is 1.46. The van der Waals surface area contributed by atoms with Crippen molar-refractivity contribution in [2.24, 2.45) is 0 Å². The highest BCUT2D eigenvalue weighted by Gasteiger charge is 2.04. The Morgan fingerprint density at radius 2 is 2.31 bits per heavy atom. The molecule has 4 heteroatoms. The van der Waals surface area contributed by atoms with Crippen LogP contribution in [0, 0.1) is 0 Å². The lowest BCUT2D eigenvalue weighted by Gasteiger charge is -2.20. The molecule has 1 rings (SSSR count). The number of pyridine rings is 1. The maximum atomic E-state index is 9.18. The Morgan fingerprint density at radius 1 is 1.62 bits per heavy atom. The van der Waals surface area contributed by atoms with Crippen molar-refractivity contribution in [1.82, 2.24) is 4.98 Å². The third kappa shape index (κ3) is 3.32. The van der Waals surface area contributed by atoms with Crippen molar-refractivity contribution in [2.75, 3.05) is 18.5 Å². The molecule has 0 spiro atoms. The van der Waals surface area contributed by atoms with Crippen LogP contribution in [-0.4, -0.2) is 29.8 Å². The molecule has 1 heterocycles. The Balaban J connectivity index is 2.71. The van der Waals surface area contributed by atoms with E-state index in [0.29, 0.717) is 6.54 Å². The topological polar surface area (TPSA) is 36.4 Å². The lowest BCUT2D eigenvalue weighted by molar-refractivity contribution is 0.201. The first kappa shape index (κ1) is 10.5. The van der Waals surface area contributed by atoms with Crippen LogP contribution in [0.4, 0.5) is 5.69 Å². The Labute approximate surface area is 86.5 Å². The average molecular weight is 245 g/mol. The van der Waals surface area contributed by atoms with Gasteiger partial charge in [0.1, 0.15) is 0 Å². The van der Waals surface area contributed by atoms with Gasteiger partial charge in [-0.05, 0) is 28.9 Å². The second-order valence-electron chi connectivity index (χ2n) is 3.09. The SMILES string of the molecule is CC(O)CN(C)c1cncc(Br)c1. The lowest BCUT2D eigenvalue weighted by Crippen LogP contribution is -2.26. The zero-order chi connectivity index (χ0) is 9.84. The van der Waals surface area contributed by atoms with Crippen LogP contribution in [0.25, 0.3) is 0 Å². The molecular formula is C9H13BrN2O. The molecule has 0 saturated heterocycles. The molecule has 1 atom stereocenters. The van der Waals surface area contributed by atoms with Crippen molar-refractivity contribution < 1.29 is 5.11 Å². The van der Waals surface area contributed by atoms with Crippen molar-refractivity contribution in [3.8, 4) is 0 Å². The Morgan fingerprint density at radius 3 is 2.85 bits per heavy atom. The third-order valence-corrected chi connectivity index (χ3v) is 2.10. The van der Waals surface area contributed by atoms with Crippen LogP contribution in [0.2, 0.25) is 0 Å². The number of likely N-dealkylation sites (N-methyl/N-ethyl adjacent to an activating group) is 1. The smallest absolute Gasteiger partial charge is 0.0686 e. The minimum Gasteiger partial charge on any atom is -0.392 e. The summed E-state index contributed by atoms with van der Waals surface area (Å²) in [7, 11) is 1.93. The minimum absolute atomic E-state index is 0.330. The lowest BCUT2D eigenvalue weighted by atomic mass is 10.3. The number of halogens is 1. The van der Waals surface area contributed by atoms with Crippen molar-refractivity contribution in [1.29, 1.82) is 0 Å². The molecule has 0 bridgehead atoms. The third-order valence-electron chi connectivity index (χ3n) is 1.67. The van der Waals surface area contributed by atoms with Gasteiger partial charge in [-0.3, -0.25) is 4.98 Å². The zero-order valence-corrected chi connectivity index (χ0v) is 9.32. The van der Waals surface area contributed by atoms with Crippen molar-refractivity contribution >= 4 is 21.6 Å². The summed E-state index contributed by atoms with van der Waals surface area (Å²) in [6, 6.07) is 1.97. The number of aromatic nitrogens is 1. The van der Waals surface area contributed by atoms with Gasteiger partial charge in [-0.1, -0.05) is 0 Å². The molecule has 72 valence electrons. The van der Waals surface area contributed by atoms with E-state index >= 15 is 0 Å². The first-order chi connectivity index (χ1) is 6.09. The fraction of sp³-hybridized carbons (Fsp3) is 0.444. The molecule has 0 amide bonds. The molecular weight excluding hydrogens is 232 g/mol. The number of hydrogen-bond donors (Lipinski definition) is 1. The van der Waals surface area contributed by atoms with Gasteiger partial charge in [0.05, 0.1) is 18.0 Å². The molecule has 0 aromatic carbocycles. The van der Waals surface area contributed by atoms with E-state index in [2.05, 4.69) is 20.9 Å². The highest BCUT2D eigenvalue weighted by molar-refractivity contribution is 9.10. The van der Waals surface area contributed by atoms with Gasteiger partial charge in [0.15, 0.2) is 0 Å². The molecule has 13 heavy (non-hydrogen) atoms. The highest BCUT2D eigenvalue weighted by Crippen LogP contribution is 2.16. The van der Waals surface area contributed by atoms with Gasteiger partial charge in [0.2, 0.25) is 0 Å². The zero-order valence-electron chi connectivity index (χ0n) is 7.74. The average Bonchev–Trinajstić information content (AvgIpc) is 2.03. The predicted molar refractivity (Wildman–Crippen MR) is 56.9 cm³/mol. The van der Waals surface area contributed by atoms with Gasteiger partial charge in [-0.15, -0.1) is 0 Å². The molecule has 0 saturated carbocycles. The van der Waals surface area contributed by atoms with Crippen molar-refractivity contribution in [2.45, 2.75) is 13.0 Å². The molecule has 1 aromatic rings. The Hall–Kier alpha value is -0.610. The molecule has 1 aromatic heterocycles. The molecule has 1 unspecified atom stereocenters. The quantitative estimate of drug-likeness (QED) is 0.879. The monoisotopic (exact) mass is 244 g/mol. The summed E-state index contributed by atoms with van der Waals surface area (Å²) in [4.78, 5) is 6.00. The molecule has 0 aliphatic carbocycles. The van der Waals surface area contributed by atoms with E-state index in [-0.39, 0.29) is 6.10 Å². The molecule has 3 nitrogen and oxygen atoms in total. The largest absolute Gasteiger partial charge is 0.392 e. The summed E-state index contributed by atoms with van der Waals surface area (Å²) in [6.07, 6.45) is 3.18. The summed E-state index contributed by atoms with van der Waals surface area (Å²) in [5.41, 5.74) is 0.996. The van der Waals surface area contributed by atoms with Gasteiger partial charge >= 0.3 is 0 Å². The van der Waals surface area contributed by atoms with Crippen LogP contribution in [-0.2, 0) is 0 Å². The van der Waals surface area contributed by atoms with Crippen LogP contribution in [0.15, 0.2) is 22.9 Å². The standard InChI is InChI=1S/C9H13BrN2O/c1-7(13)6-12(2)9-3-8(10)4-11-5-9/h3-5,7,13H,6H2,1-2H3. The number of rotatable bonds is 3.